The van der Waals surface area contributed by atoms with Crippen LogP contribution in [0.2, 0.25) is 5.02 Å². The summed E-state index contributed by atoms with van der Waals surface area (Å²) in [6, 6.07) is 6.73. The molecule has 2 atom stereocenters. The number of nitrogens with one attached hydrogen (secondary N) is 2. The maximum atomic E-state index is 11.8. The Bertz CT molecular complexity index is 394. The van der Waals surface area contributed by atoms with Crippen LogP contribution < -0.4 is 10.6 Å². The van der Waals surface area contributed by atoms with Crippen LogP contribution in [0.5, 0.6) is 0 Å². The lowest BCUT2D eigenvalue weighted by Crippen LogP contribution is -2.34. The van der Waals surface area contributed by atoms with Gasteiger partial charge in [-0.15, -0.1) is 0 Å². The minimum Gasteiger partial charge on any atom is -0.391 e. The number of β-amino-alcohol motifs (C(OH)–C–C–N with tert-alkyl or cyclic N) is 1. The van der Waals surface area contributed by atoms with E-state index in [0.29, 0.717) is 23.7 Å². The molecule has 0 aliphatic carbocycles. The predicted molar refractivity (Wildman–Crippen MR) is 66.2 cm³/mol. The normalized spacial score (nSPS) is 23.6. The fourth-order valence-electron chi connectivity index (χ4n) is 1.85. The van der Waals surface area contributed by atoms with Gasteiger partial charge in [0.15, 0.2) is 0 Å². The first kappa shape index (κ1) is 12.4. The van der Waals surface area contributed by atoms with Crippen molar-refractivity contribution in [2.24, 2.45) is 5.92 Å². The molecule has 1 fully saturated rings. The molecule has 0 aromatic heterocycles. The molecule has 0 saturated carbocycles. The molecule has 1 saturated heterocycles. The summed E-state index contributed by atoms with van der Waals surface area (Å²) in [4.78, 5) is 11.8. The van der Waals surface area contributed by atoms with E-state index < -0.39 is 0 Å². The van der Waals surface area contributed by atoms with E-state index in [2.05, 4.69) is 10.6 Å². The second kappa shape index (κ2) is 5.49. The van der Waals surface area contributed by atoms with Gasteiger partial charge in [-0.2, -0.15) is 0 Å². The molecule has 1 amide bonds. The van der Waals surface area contributed by atoms with Crippen molar-refractivity contribution in [3.05, 3.63) is 34.9 Å². The number of aliphatic hydroxyl groups is 1. The Labute approximate surface area is 105 Å². The molecule has 1 aliphatic rings. The van der Waals surface area contributed by atoms with Crippen LogP contribution in [-0.2, 0) is 0 Å². The third-order valence-electron chi connectivity index (χ3n) is 2.94. The van der Waals surface area contributed by atoms with Crippen molar-refractivity contribution in [1.29, 1.82) is 0 Å². The van der Waals surface area contributed by atoms with E-state index in [0.717, 1.165) is 6.54 Å². The van der Waals surface area contributed by atoms with Crippen LogP contribution in [0.3, 0.4) is 0 Å². The first-order chi connectivity index (χ1) is 8.16. The smallest absolute Gasteiger partial charge is 0.251 e. The molecule has 3 N–H and O–H groups in total. The molecule has 92 valence electrons. The minimum absolute atomic E-state index is 0.0891. The van der Waals surface area contributed by atoms with Crippen molar-refractivity contribution in [2.75, 3.05) is 19.6 Å². The van der Waals surface area contributed by atoms with Crippen molar-refractivity contribution in [3.8, 4) is 0 Å². The van der Waals surface area contributed by atoms with Crippen LogP contribution in [0.1, 0.15) is 10.4 Å². The maximum absolute atomic E-state index is 11.8. The highest BCUT2D eigenvalue weighted by atomic mass is 35.5. The molecule has 1 aromatic rings. The summed E-state index contributed by atoms with van der Waals surface area (Å²) < 4.78 is 0. The van der Waals surface area contributed by atoms with Crippen molar-refractivity contribution in [1.82, 2.24) is 10.6 Å². The molecule has 5 heteroatoms. The zero-order valence-corrected chi connectivity index (χ0v) is 10.1. The monoisotopic (exact) mass is 254 g/mol. The van der Waals surface area contributed by atoms with Crippen molar-refractivity contribution in [3.63, 3.8) is 0 Å². The van der Waals surface area contributed by atoms with Crippen molar-refractivity contribution in [2.45, 2.75) is 6.10 Å². The van der Waals surface area contributed by atoms with Crippen LogP contribution in [0.25, 0.3) is 0 Å². The van der Waals surface area contributed by atoms with Gasteiger partial charge in [-0.3, -0.25) is 4.79 Å². The lowest BCUT2D eigenvalue weighted by atomic mass is 10.1. The molecule has 0 radical (unpaired) electrons. The molecular weight excluding hydrogens is 240 g/mol. The van der Waals surface area contributed by atoms with Gasteiger partial charge < -0.3 is 15.7 Å². The molecule has 1 aromatic carbocycles. The zero-order valence-electron chi connectivity index (χ0n) is 9.32. The summed E-state index contributed by atoms with van der Waals surface area (Å²) >= 11 is 5.74. The van der Waals surface area contributed by atoms with Gasteiger partial charge in [-0.25, -0.2) is 0 Å². The van der Waals surface area contributed by atoms with Gasteiger partial charge in [-0.1, -0.05) is 11.6 Å². The number of aliphatic hydroxyl groups excluding tert-OH is 1. The summed E-state index contributed by atoms with van der Waals surface area (Å²) in [5.74, 6) is -0.0491. The Morgan fingerprint density at radius 1 is 1.41 bits per heavy atom. The van der Waals surface area contributed by atoms with Gasteiger partial charge in [0.05, 0.1) is 6.10 Å². The Kier molecular flexibility index (Phi) is 3.99. The topological polar surface area (TPSA) is 61.4 Å². The molecule has 0 spiro atoms. The molecule has 4 nitrogen and oxygen atoms in total. The van der Waals surface area contributed by atoms with E-state index in [1.54, 1.807) is 24.3 Å². The number of carbonyl (C=O) groups is 1. The van der Waals surface area contributed by atoms with E-state index in [9.17, 15) is 9.90 Å². The maximum Gasteiger partial charge on any atom is 0.251 e. The van der Waals surface area contributed by atoms with Gasteiger partial charge >= 0.3 is 0 Å². The molecule has 2 unspecified atom stereocenters. The van der Waals surface area contributed by atoms with Gasteiger partial charge in [0, 0.05) is 36.1 Å². The van der Waals surface area contributed by atoms with Gasteiger partial charge in [0.25, 0.3) is 5.91 Å². The quantitative estimate of drug-likeness (QED) is 0.742. The Hall–Kier alpha value is -1.10. The minimum atomic E-state index is -0.375. The molecule has 2 rings (SSSR count). The van der Waals surface area contributed by atoms with Crippen molar-refractivity contribution < 1.29 is 9.90 Å². The largest absolute Gasteiger partial charge is 0.391 e. The third-order valence-corrected chi connectivity index (χ3v) is 3.19. The molecule has 1 aliphatic heterocycles. The van der Waals surface area contributed by atoms with Gasteiger partial charge in [0.2, 0.25) is 0 Å². The predicted octanol–water partition coefficient (Wildman–Crippen LogP) is 0.650. The molecular formula is C12H15ClN2O2. The van der Waals surface area contributed by atoms with Crippen LogP contribution in [0, 0.1) is 5.92 Å². The fourth-order valence-corrected chi connectivity index (χ4v) is 1.98. The lowest BCUT2D eigenvalue weighted by Gasteiger charge is -2.14. The average molecular weight is 255 g/mol. The fraction of sp³-hybridized carbons (Fsp3) is 0.417. The number of rotatable bonds is 3. The van der Waals surface area contributed by atoms with Gasteiger partial charge in [0.1, 0.15) is 0 Å². The second-order valence-electron chi connectivity index (χ2n) is 4.20. The number of carbonyl (C=O) groups excluding carboxylic acids is 1. The molecule has 0 bridgehead atoms. The summed E-state index contributed by atoms with van der Waals surface area (Å²) in [5, 5.41) is 16.1. The SMILES string of the molecule is O=C(NCC1CNCC1O)c1ccc(Cl)cc1. The Balaban J connectivity index is 1.87. The van der Waals surface area contributed by atoms with Crippen LogP contribution in [-0.4, -0.2) is 36.8 Å². The highest BCUT2D eigenvalue weighted by Crippen LogP contribution is 2.10. The van der Waals surface area contributed by atoms with Crippen LogP contribution in [0.4, 0.5) is 0 Å². The Morgan fingerprint density at radius 2 is 2.12 bits per heavy atom. The average Bonchev–Trinajstić information content (AvgIpc) is 2.73. The first-order valence-corrected chi connectivity index (χ1v) is 5.97. The number of hydrogen-bond donors (Lipinski definition) is 3. The third kappa shape index (κ3) is 3.19. The second-order valence-corrected chi connectivity index (χ2v) is 4.64. The van der Waals surface area contributed by atoms with E-state index in [1.165, 1.54) is 0 Å². The lowest BCUT2D eigenvalue weighted by molar-refractivity contribution is 0.0927. The van der Waals surface area contributed by atoms with Gasteiger partial charge in [-0.05, 0) is 24.3 Å². The van der Waals surface area contributed by atoms with E-state index in [-0.39, 0.29) is 17.9 Å². The standard InChI is InChI=1S/C12H15ClN2O2/c13-10-3-1-8(2-4-10)12(17)15-6-9-5-14-7-11(9)16/h1-4,9,11,14,16H,5-7H2,(H,15,17). The summed E-state index contributed by atoms with van der Waals surface area (Å²) in [6.07, 6.45) is -0.375. The number of benzene rings is 1. The summed E-state index contributed by atoms with van der Waals surface area (Å²) in [6.45, 7) is 1.82. The summed E-state index contributed by atoms with van der Waals surface area (Å²) in [5.41, 5.74) is 0.579. The first-order valence-electron chi connectivity index (χ1n) is 5.59. The molecule has 1 heterocycles. The molecule has 17 heavy (non-hydrogen) atoms. The number of halogens is 1. The van der Waals surface area contributed by atoms with E-state index >= 15 is 0 Å². The number of hydrogen-bond acceptors (Lipinski definition) is 3. The highest BCUT2D eigenvalue weighted by Gasteiger charge is 2.25. The zero-order chi connectivity index (χ0) is 12.3. The Morgan fingerprint density at radius 3 is 2.71 bits per heavy atom. The van der Waals surface area contributed by atoms with Crippen molar-refractivity contribution >= 4 is 17.5 Å². The van der Waals surface area contributed by atoms with E-state index in [1.807, 2.05) is 0 Å². The van der Waals surface area contributed by atoms with Crippen LogP contribution in [0.15, 0.2) is 24.3 Å². The summed E-state index contributed by atoms with van der Waals surface area (Å²) in [7, 11) is 0. The highest BCUT2D eigenvalue weighted by molar-refractivity contribution is 6.30. The van der Waals surface area contributed by atoms with Crippen LogP contribution >= 0.6 is 11.6 Å². The van der Waals surface area contributed by atoms with E-state index in [4.69, 9.17) is 11.6 Å². The number of amides is 1.